The van der Waals surface area contributed by atoms with E-state index < -0.39 is 10.0 Å². The molecule has 1 aromatic rings. The highest BCUT2D eigenvalue weighted by Gasteiger charge is 2.13. The van der Waals surface area contributed by atoms with Crippen molar-refractivity contribution >= 4 is 21.8 Å². The number of hydrogen-bond acceptors (Lipinski definition) is 5. The highest BCUT2D eigenvalue weighted by Crippen LogP contribution is 2.19. The second-order valence-corrected chi connectivity index (χ2v) is 7.26. The zero-order valence-corrected chi connectivity index (χ0v) is 13.7. The molecule has 0 heterocycles. The molecule has 0 saturated heterocycles. The van der Waals surface area contributed by atoms with Gasteiger partial charge in [-0.3, -0.25) is 0 Å². The molecule has 1 atom stereocenters. The number of benzene rings is 1. The van der Waals surface area contributed by atoms with Crippen LogP contribution in [0.3, 0.4) is 0 Å². The number of nitriles is 1. The number of thioether (sulfide) groups is 1. The van der Waals surface area contributed by atoms with Crippen molar-refractivity contribution in [1.82, 2.24) is 5.32 Å². The molecular weight excluding hydrogens is 306 g/mol. The largest absolute Gasteiger partial charge is 0.310 e. The molecule has 1 aromatic carbocycles. The lowest BCUT2D eigenvalue weighted by Gasteiger charge is -2.18. The van der Waals surface area contributed by atoms with Crippen LogP contribution in [0, 0.1) is 11.3 Å². The van der Waals surface area contributed by atoms with Crippen molar-refractivity contribution in [2.24, 2.45) is 5.14 Å². The fraction of sp³-hybridized carbons (Fsp3) is 0.500. The summed E-state index contributed by atoms with van der Waals surface area (Å²) < 4.78 is 22.8. The van der Waals surface area contributed by atoms with E-state index in [0.29, 0.717) is 5.75 Å². The van der Waals surface area contributed by atoms with Crippen molar-refractivity contribution < 1.29 is 8.42 Å². The number of nitrogens with two attached hydrogens (primary N) is 1. The maximum absolute atomic E-state index is 11.4. The van der Waals surface area contributed by atoms with E-state index in [1.807, 2.05) is 13.0 Å². The Morgan fingerprint density at radius 3 is 2.86 bits per heavy atom. The molecule has 0 aliphatic carbocycles. The summed E-state index contributed by atoms with van der Waals surface area (Å²) in [5, 5.41) is 17.0. The average Bonchev–Trinajstić information content (AvgIpc) is 2.46. The summed E-state index contributed by atoms with van der Waals surface area (Å²) in [6, 6.07) is 8.95. The van der Waals surface area contributed by atoms with Crippen molar-refractivity contribution in [3.05, 3.63) is 29.8 Å². The van der Waals surface area contributed by atoms with Gasteiger partial charge < -0.3 is 5.32 Å². The Balaban J connectivity index is 2.58. The van der Waals surface area contributed by atoms with Gasteiger partial charge in [-0.1, -0.05) is 19.1 Å². The van der Waals surface area contributed by atoms with Gasteiger partial charge in [0.25, 0.3) is 0 Å². The van der Waals surface area contributed by atoms with Crippen LogP contribution < -0.4 is 10.5 Å². The van der Waals surface area contributed by atoms with Gasteiger partial charge >= 0.3 is 0 Å². The van der Waals surface area contributed by atoms with E-state index in [1.54, 1.807) is 23.9 Å². The molecule has 0 aromatic heterocycles. The maximum Gasteiger partial charge on any atom is 0.238 e. The van der Waals surface area contributed by atoms with Crippen molar-refractivity contribution in [3.63, 3.8) is 0 Å². The normalized spacial score (nSPS) is 12.8. The molecule has 0 aliphatic rings. The molecule has 3 N–H and O–H groups in total. The van der Waals surface area contributed by atoms with E-state index in [9.17, 15) is 8.42 Å². The molecular formula is C14H21N3O2S2. The van der Waals surface area contributed by atoms with Crippen LogP contribution in [0.5, 0.6) is 0 Å². The number of primary sulfonamides is 1. The standard InChI is InChI=1S/C14H21N3O2S2/c1-2-14(17-8-4-9-20-10-7-15)12-5-3-6-13(11-12)21(16,18)19/h3,5-6,11,14,17H,2,4,8-10H2,1H3,(H2,16,18,19)/t14-/m0/s1. The third kappa shape index (κ3) is 6.48. The fourth-order valence-electron chi connectivity index (χ4n) is 1.97. The van der Waals surface area contributed by atoms with Crippen LogP contribution in [0.15, 0.2) is 29.2 Å². The molecule has 0 aliphatic heterocycles. The van der Waals surface area contributed by atoms with Crippen molar-refractivity contribution in [3.8, 4) is 6.07 Å². The van der Waals surface area contributed by atoms with E-state index in [0.717, 1.165) is 30.7 Å². The lowest BCUT2D eigenvalue weighted by molar-refractivity contribution is 0.518. The summed E-state index contributed by atoms with van der Waals surface area (Å²) in [4.78, 5) is 0.143. The molecule has 7 heteroatoms. The molecule has 0 spiro atoms. The number of rotatable bonds is 9. The molecule has 5 nitrogen and oxygen atoms in total. The van der Waals surface area contributed by atoms with Crippen LogP contribution >= 0.6 is 11.8 Å². The molecule has 21 heavy (non-hydrogen) atoms. The number of sulfonamides is 1. The van der Waals surface area contributed by atoms with E-state index in [-0.39, 0.29) is 10.9 Å². The van der Waals surface area contributed by atoms with Gasteiger partial charge in [0.15, 0.2) is 0 Å². The SMILES string of the molecule is CC[C@H](NCCCSCC#N)c1cccc(S(N)(=O)=O)c1. The summed E-state index contributed by atoms with van der Waals surface area (Å²) in [6.07, 6.45) is 1.83. The van der Waals surface area contributed by atoms with E-state index in [4.69, 9.17) is 10.4 Å². The molecule has 0 bridgehead atoms. The zero-order chi connectivity index (χ0) is 15.7. The van der Waals surface area contributed by atoms with Gasteiger partial charge in [0.1, 0.15) is 0 Å². The third-order valence-corrected chi connectivity index (χ3v) is 4.84. The quantitative estimate of drug-likeness (QED) is 0.676. The average molecular weight is 327 g/mol. The molecule has 0 unspecified atom stereocenters. The Kier molecular flexibility index (Phi) is 7.75. The number of nitrogens with zero attached hydrogens (tertiary/aromatic N) is 1. The van der Waals surface area contributed by atoms with Crippen molar-refractivity contribution in [2.75, 3.05) is 18.1 Å². The van der Waals surface area contributed by atoms with Crippen LogP contribution in [0.4, 0.5) is 0 Å². The van der Waals surface area contributed by atoms with Gasteiger partial charge in [-0.2, -0.15) is 5.26 Å². The summed E-state index contributed by atoms with van der Waals surface area (Å²) in [5.74, 6) is 1.46. The van der Waals surface area contributed by atoms with Crippen LogP contribution in [0.1, 0.15) is 31.4 Å². The van der Waals surface area contributed by atoms with Gasteiger partial charge in [-0.25, -0.2) is 13.6 Å². The topological polar surface area (TPSA) is 96.0 Å². The van der Waals surface area contributed by atoms with Gasteiger partial charge in [-0.15, -0.1) is 11.8 Å². The van der Waals surface area contributed by atoms with Gasteiger partial charge in [0, 0.05) is 6.04 Å². The lowest BCUT2D eigenvalue weighted by Crippen LogP contribution is -2.23. The van der Waals surface area contributed by atoms with E-state index >= 15 is 0 Å². The number of hydrogen-bond donors (Lipinski definition) is 2. The van der Waals surface area contributed by atoms with E-state index in [2.05, 4.69) is 11.4 Å². The Hall–Kier alpha value is -1.07. The Labute approximate surface area is 131 Å². The first-order valence-corrected chi connectivity index (χ1v) is 9.50. The minimum atomic E-state index is -3.66. The fourth-order valence-corrected chi connectivity index (χ4v) is 3.13. The van der Waals surface area contributed by atoms with Crippen molar-refractivity contribution in [2.45, 2.75) is 30.7 Å². The Morgan fingerprint density at radius 1 is 1.48 bits per heavy atom. The molecule has 0 fully saturated rings. The second kappa shape index (κ2) is 9.05. The lowest BCUT2D eigenvalue weighted by atomic mass is 10.0. The van der Waals surface area contributed by atoms with Crippen LogP contribution in [-0.4, -0.2) is 26.5 Å². The second-order valence-electron chi connectivity index (χ2n) is 4.60. The molecule has 0 radical (unpaired) electrons. The van der Waals surface area contributed by atoms with Crippen LogP contribution in [0.2, 0.25) is 0 Å². The molecule has 1 rings (SSSR count). The first-order valence-electron chi connectivity index (χ1n) is 6.80. The Bertz CT molecular complexity index is 582. The van der Waals surface area contributed by atoms with E-state index in [1.165, 1.54) is 6.07 Å². The van der Waals surface area contributed by atoms with Gasteiger partial charge in [-0.05, 0) is 42.8 Å². The summed E-state index contributed by atoms with van der Waals surface area (Å²) >= 11 is 1.62. The smallest absolute Gasteiger partial charge is 0.238 e. The van der Waals surface area contributed by atoms with Gasteiger partial charge in [0.05, 0.1) is 16.7 Å². The highest BCUT2D eigenvalue weighted by atomic mass is 32.2. The van der Waals surface area contributed by atoms with Crippen LogP contribution in [0.25, 0.3) is 0 Å². The maximum atomic E-state index is 11.4. The highest BCUT2D eigenvalue weighted by molar-refractivity contribution is 7.99. The first kappa shape index (κ1) is 18.0. The minimum Gasteiger partial charge on any atom is -0.310 e. The third-order valence-electron chi connectivity index (χ3n) is 3.02. The zero-order valence-electron chi connectivity index (χ0n) is 12.1. The van der Waals surface area contributed by atoms with Crippen LogP contribution in [-0.2, 0) is 10.0 Å². The summed E-state index contributed by atoms with van der Waals surface area (Å²) in [7, 11) is -3.66. The van der Waals surface area contributed by atoms with Crippen molar-refractivity contribution in [1.29, 1.82) is 5.26 Å². The van der Waals surface area contributed by atoms with Gasteiger partial charge in [0.2, 0.25) is 10.0 Å². The Morgan fingerprint density at radius 2 is 2.24 bits per heavy atom. The molecule has 0 saturated carbocycles. The first-order chi connectivity index (χ1) is 9.99. The predicted octanol–water partition coefficient (Wildman–Crippen LogP) is 2.02. The predicted molar refractivity (Wildman–Crippen MR) is 86.4 cm³/mol. The number of nitrogens with one attached hydrogen (secondary N) is 1. The minimum absolute atomic E-state index is 0.104. The monoisotopic (exact) mass is 327 g/mol. The summed E-state index contributed by atoms with van der Waals surface area (Å²) in [6.45, 7) is 2.88. The molecule has 116 valence electrons. The summed E-state index contributed by atoms with van der Waals surface area (Å²) in [5.41, 5.74) is 0.925. The molecule has 0 amide bonds.